The van der Waals surface area contributed by atoms with E-state index in [1.54, 1.807) is 24.6 Å². The number of hydrogen-bond acceptors (Lipinski definition) is 3. The molecule has 21 heavy (non-hydrogen) atoms. The van der Waals surface area contributed by atoms with E-state index in [9.17, 15) is 9.59 Å². The first-order valence-electron chi connectivity index (χ1n) is 6.04. The van der Waals surface area contributed by atoms with Crippen molar-refractivity contribution in [2.24, 2.45) is 0 Å². The van der Waals surface area contributed by atoms with Crippen LogP contribution in [0, 0.1) is 0 Å². The topological polar surface area (TPSA) is 69.6 Å². The average molecular weight is 325 g/mol. The van der Waals surface area contributed by atoms with Crippen molar-refractivity contribution in [2.75, 3.05) is 12.4 Å². The Hall–Kier alpha value is -2.05. The van der Waals surface area contributed by atoms with Crippen LogP contribution in [0.4, 0.5) is 9.80 Å². The van der Waals surface area contributed by atoms with Gasteiger partial charge in [-0.2, -0.15) is 0 Å². The number of carbonyl (C=O) groups is 2. The van der Waals surface area contributed by atoms with Gasteiger partial charge in [0.25, 0.3) is 0 Å². The zero-order valence-electron chi connectivity index (χ0n) is 11.2. The summed E-state index contributed by atoms with van der Waals surface area (Å²) < 4.78 is 0. The Labute approximate surface area is 130 Å². The third-order valence-corrected chi connectivity index (χ3v) is 3.88. The molecule has 2 N–H and O–H groups in total. The zero-order chi connectivity index (χ0) is 15.4. The number of halogens is 1. The predicted octanol–water partition coefficient (Wildman–Crippen LogP) is 3.76. The van der Waals surface area contributed by atoms with E-state index in [0.717, 1.165) is 5.56 Å². The van der Waals surface area contributed by atoms with Crippen LogP contribution in [0.1, 0.15) is 15.9 Å². The molecule has 1 aromatic carbocycles. The van der Waals surface area contributed by atoms with Gasteiger partial charge in [0.15, 0.2) is 0 Å². The van der Waals surface area contributed by atoms with Crippen molar-refractivity contribution in [3.8, 4) is 0 Å². The number of carboxylic acid groups (broad SMARTS) is 1. The fraction of sp³-hybridized carbons (Fsp3) is 0.143. The number of carboxylic acids is 1. The molecule has 1 aromatic heterocycles. The summed E-state index contributed by atoms with van der Waals surface area (Å²) in [4.78, 5) is 24.5. The molecular weight excluding hydrogens is 312 g/mol. The van der Waals surface area contributed by atoms with Crippen molar-refractivity contribution >= 4 is 39.9 Å². The summed E-state index contributed by atoms with van der Waals surface area (Å²) in [5, 5.41) is 14.2. The molecule has 0 aliphatic rings. The van der Waals surface area contributed by atoms with Gasteiger partial charge in [-0.25, -0.2) is 9.59 Å². The molecule has 0 saturated heterocycles. The van der Waals surface area contributed by atoms with Crippen LogP contribution in [0.2, 0.25) is 5.02 Å². The molecule has 1 heterocycles. The molecule has 0 spiro atoms. The molecule has 7 heteroatoms. The lowest BCUT2D eigenvalue weighted by molar-refractivity contribution is 0.0698. The first-order chi connectivity index (χ1) is 9.97. The molecule has 0 atom stereocenters. The highest BCUT2D eigenvalue weighted by atomic mass is 35.5. The molecule has 5 nitrogen and oxygen atoms in total. The maximum Gasteiger partial charge on any atom is 0.338 e. The monoisotopic (exact) mass is 324 g/mol. The largest absolute Gasteiger partial charge is 0.478 e. The number of anilines is 1. The number of amides is 2. The van der Waals surface area contributed by atoms with E-state index in [0.29, 0.717) is 16.6 Å². The van der Waals surface area contributed by atoms with Gasteiger partial charge < -0.3 is 10.0 Å². The van der Waals surface area contributed by atoms with Crippen molar-refractivity contribution in [2.45, 2.75) is 6.54 Å². The van der Waals surface area contributed by atoms with Gasteiger partial charge in [0.05, 0.1) is 5.56 Å². The molecule has 0 aliphatic heterocycles. The van der Waals surface area contributed by atoms with E-state index < -0.39 is 5.97 Å². The van der Waals surface area contributed by atoms with Crippen LogP contribution in [-0.2, 0) is 6.54 Å². The molecule has 0 aliphatic carbocycles. The Kier molecular flexibility index (Phi) is 4.82. The predicted molar refractivity (Wildman–Crippen MR) is 83.2 cm³/mol. The Morgan fingerprint density at radius 2 is 1.95 bits per heavy atom. The van der Waals surface area contributed by atoms with E-state index in [1.165, 1.54) is 22.3 Å². The van der Waals surface area contributed by atoms with Crippen molar-refractivity contribution in [3.63, 3.8) is 0 Å². The quantitative estimate of drug-likeness (QED) is 0.899. The average Bonchev–Trinajstić information content (AvgIpc) is 2.89. The van der Waals surface area contributed by atoms with Crippen LogP contribution in [0.15, 0.2) is 35.7 Å². The van der Waals surface area contributed by atoms with Crippen molar-refractivity contribution in [3.05, 3.63) is 51.9 Å². The third kappa shape index (κ3) is 3.96. The second-order valence-electron chi connectivity index (χ2n) is 4.38. The van der Waals surface area contributed by atoms with E-state index in [4.69, 9.17) is 16.7 Å². The first kappa shape index (κ1) is 15.3. The van der Waals surface area contributed by atoms with Gasteiger partial charge in [0, 0.05) is 18.6 Å². The summed E-state index contributed by atoms with van der Waals surface area (Å²) in [5.41, 5.74) is 1.02. The summed E-state index contributed by atoms with van der Waals surface area (Å²) in [7, 11) is 1.64. The van der Waals surface area contributed by atoms with Gasteiger partial charge in [0.2, 0.25) is 0 Å². The highest BCUT2D eigenvalue weighted by molar-refractivity contribution is 7.14. The second kappa shape index (κ2) is 6.60. The van der Waals surface area contributed by atoms with E-state index in [1.807, 2.05) is 12.1 Å². The lowest BCUT2D eigenvalue weighted by atomic mass is 10.2. The maximum absolute atomic E-state index is 12.1. The van der Waals surface area contributed by atoms with Gasteiger partial charge in [-0.15, -0.1) is 11.3 Å². The third-order valence-electron chi connectivity index (χ3n) is 2.80. The number of hydrogen-bond donors (Lipinski definition) is 2. The lowest BCUT2D eigenvalue weighted by Crippen LogP contribution is -2.31. The Bertz CT molecular complexity index is 654. The molecule has 2 amide bonds. The van der Waals surface area contributed by atoms with Gasteiger partial charge in [-0.1, -0.05) is 23.7 Å². The Morgan fingerprint density at radius 1 is 1.29 bits per heavy atom. The van der Waals surface area contributed by atoms with E-state index in [-0.39, 0.29) is 11.6 Å². The molecule has 110 valence electrons. The minimum Gasteiger partial charge on any atom is -0.478 e. The lowest BCUT2D eigenvalue weighted by Gasteiger charge is -2.17. The summed E-state index contributed by atoms with van der Waals surface area (Å²) in [5.74, 6) is -1.06. The summed E-state index contributed by atoms with van der Waals surface area (Å²) in [6.07, 6.45) is 0. The SMILES string of the molecule is CN(Cc1ccc(Cl)cc1)C(=O)Nc1sccc1C(=O)O. The maximum atomic E-state index is 12.1. The molecule has 0 fully saturated rings. The van der Waals surface area contributed by atoms with Crippen LogP contribution in [0.3, 0.4) is 0 Å². The number of carbonyl (C=O) groups excluding carboxylic acids is 1. The number of aromatic carboxylic acids is 1. The number of urea groups is 1. The summed E-state index contributed by atoms with van der Waals surface area (Å²) in [6, 6.07) is 8.27. The van der Waals surface area contributed by atoms with Gasteiger partial charge in [-0.3, -0.25) is 5.32 Å². The standard InChI is InChI=1S/C14H13ClN2O3S/c1-17(8-9-2-4-10(15)5-3-9)14(20)16-12-11(13(18)19)6-7-21-12/h2-7H,8H2,1H3,(H,16,20)(H,18,19). The van der Waals surface area contributed by atoms with Crippen LogP contribution in [0.25, 0.3) is 0 Å². The normalized spacial score (nSPS) is 10.2. The summed E-state index contributed by atoms with van der Waals surface area (Å²) >= 11 is 6.98. The van der Waals surface area contributed by atoms with Crippen molar-refractivity contribution in [1.29, 1.82) is 0 Å². The smallest absolute Gasteiger partial charge is 0.338 e. The second-order valence-corrected chi connectivity index (χ2v) is 5.73. The number of rotatable bonds is 4. The van der Waals surface area contributed by atoms with Crippen LogP contribution in [-0.4, -0.2) is 29.1 Å². The highest BCUT2D eigenvalue weighted by Crippen LogP contribution is 2.23. The fourth-order valence-electron chi connectivity index (χ4n) is 1.70. The molecule has 2 rings (SSSR count). The molecular formula is C14H13ClN2O3S. The molecule has 0 radical (unpaired) electrons. The highest BCUT2D eigenvalue weighted by Gasteiger charge is 2.16. The number of benzene rings is 1. The minimum absolute atomic E-state index is 0.0910. The van der Waals surface area contributed by atoms with Gasteiger partial charge in [0.1, 0.15) is 5.00 Å². The van der Waals surface area contributed by atoms with Crippen molar-refractivity contribution in [1.82, 2.24) is 4.90 Å². The van der Waals surface area contributed by atoms with Crippen LogP contribution >= 0.6 is 22.9 Å². The van der Waals surface area contributed by atoms with Crippen LogP contribution in [0.5, 0.6) is 0 Å². The number of nitrogens with zero attached hydrogens (tertiary/aromatic N) is 1. The Morgan fingerprint density at radius 3 is 2.57 bits per heavy atom. The molecule has 0 unspecified atom stereocenters. The van der Waals surface area contributed by atoms with Crippen LogP contribution < -0.4 is 5.32 Å². The van der Waals surface area contributed by atoms with E-state index >= 15 is 0 Å². The summed E-state index contributed by atoms with van der Waals surface area (Å²) in [6.45, 7) is 0.400. The Balaban J connectivity index is 2.01. The van der Waals surface area contributed by atoms with Gasteiger partial charge >= 0.3 is 12.0 Å². The zero-order valence-corrected chi connectivity index (χ0v) is 12.7. The molecule has 2 aromatic rings. The molecule has 0 bridgehead atoms. The van der Waals surface area contributed by atoms with E-state index in [2.05, 4.69) is 5.32 Å². The number of thiophene rings is 1. The fourth-order valence-corrected chi connectivity index (χ4v) is 2.60. The van der Waals surface area contributed by atoms with Crippen molar-refractivity contribution < 1.29 is 14.7 Å². The number of nitrogens with one attached hydrogen (secondary N) is 1. The van der Waals surface area contributed by atoms with Gasteiger partial charge in [-0.05, 0) is 29.1 Å². The minimum atomic E-state index is -1.06. The first-order valence-corrected chi connectivity index (χ1v) is 7.30. The molecule has 0 saturated carbocycles.